The van der Waals surface area contributed by atoms with E-state index in [0.717, 1.165) is 17.4 Å². The lowest BCUT2D eigenvalue weighted by Gasteiger charge is -2.08. The fourth-order valence-electron chi connectivity index (χ4n) is 3.11. The number of carbonyl (C=O) groups excluding carboxylic acids is 2. The summed E-state index contributed by atoms with van der Waals surface area (Å²) in [6.45, 7) is 0. The highest BCUT2D eigenvalue weighted by Crippen LogP contribution is 2.30. The molecule has 0 aliphatic rings. The first-order valence-electron chi connectivity index (χ1n) is 9.46. The summed E-state index contributed by atoms with van der Waals surface area (Å²) in [6.07, 6.45) is -2.71. The van der Waals surface area contributed by atoms with Gasteiger partial charge in [0.25, 0.3) is 5.78 Å². The molecule has 4 rings (SSSR count). The van der Waals surface area contributed by atoms with Crippen LogP contribution < -0.4 is 0 Å². The molecule has 0 bridgehead atoms. The van der Waals surface area contributed by atoms with Crippen LogP contribution in [0.1, 0.15) is 15.2 Å². The van der Waals surface area contributed by atoms with E-state index >= 15 is 0 Å². The lowest BCUT2D eigenvalue weighted by molar-refractivity contribution is -0.166. The number of allylic oxidation sites excluding steroid dienone is 1. The lowest BCUT2D eigenvalue weighted by Crippen LogP contribution is -2.28. The molecule has 0 spiro atoms. The summed E-state index contributed by atoms with van der Waals surface area (Å²) in [4.78, 5) is 25.1. The molecular weight excluding hydrogens is 437 g/mol. The molecule has 2 heterocycles. The van der Waals surface area contributed by atoms with Gasteiger partial charge in [-0.2, -0.15) is 18.3 Å². The maximum absolute atomic E-state index is 13.3. The third-order valence-electron chi connectivity index (χ3n) is 4.60. The van der Waals surface area contributed by atoms with Gasteiger partial charge >= 0.3 is 6.18 Å². The van der Waals surface area contributed by atoms with E-state index in [0.29, 0.717) is 16.9 Å². The Morgan fingerprint density at radius 2 is 1.56 bits per heavy atom. The molecule has 0 saturated carbocycles. The molecule has 2 aromatic carbocycles. The van der Waals surface area contributed by atoms with Crippen molar-refractivity contribution in [1.82, 2.24) is 9.78 Å². The number of carbonyl (C=O) groups is 2. The van der Waals surface area contributed by atoms with Crippen molar-refractivity contribution in [2.24, 2.45) is 0 Å². The lowest BCUT2D eigenvalue weighted by atomic mass is 10.00. The average molecular weight is 452 g/mol. The fourth-order valence-corrected chi connectivity index (χ4v) is 3.79. The van der Waals surface area contributed by atoms with Crippen LogP contribution >= 0.6 is 11.3 Å². The third-order valence-corrected chi connectivity index (χ3v) is 5.47. The van der Waals surface area contributed by atoms with Crippen LogP contribution in [0, 0.1) is 0 Å². The minimum atomic E-state index is -5.19. The van der Waals surface area contributed by atoms with E-state index in [9.17, 15) is 22.8 Å². The predicted octanol–water partition coefficient (Wildman–Crippen LogP) is 6.00. The second kappa shape index (κ2) is 8.76. The topological polar surface area (TPSA) is 52.0 Å². The van der Waals surface area contributed by atoms with Crippen LogP contribution in [0.15, 0.2) is 89.9 Å². The normalized spacial score (nSPS) is 12.0. The van der Waals surface area contributed by atoms with Crippen molar-refractivity contribution in [3.63, 3.8) is 0 Å². The quantitative estimate of drug-likeness (QED) is 0.156. The Morgan fingerprint density at radius 1 is 0.906 bits per heavy atom. The zero-order chi connectivity index (χ0) is 22.7. The Morgan fingerprint density at radius 3 is 2.16 bits per heavy atom. The second-order valence-corrected chi connectivity index (χ2v) is 7.72. The number of hydrogen-bond donors (Lipinski definition) is 0. The average Bonchev–Trinajstić information content (AvgIpc) is 3.48. The Bertz CT molecular complexity index is 1280. The van der Waals surface area contributed by atoms with Gasteiger partial charge in [0.15, 0.2) is 0 Å². The van der Waals surface area contributed by atoms with Crippen LogP contribution in [-0.2, 0) is 4.79 Å². The monoisotopic (exact) mass is 452 g/mol. The van der Waals surface area contributed by atoms with Crippen LogP contribution in [0.3, 0.4) is 0 Å². The van der Waals surface area contributed by atoms with E-state index < -0.39 is 23.3 Å². The van der Waals surface area contributed by atoms with Gasteiger partial charge in [-0.3, -0.25) is 9.59 Å². The van der Waals surface area contributed by atoms with Crippen LogP contribution in [0.5, 0.6) is 0 Å². The second-order valence-electron chi connectivity index (χ2n) is 6.77. The van der Waals surface area contributed by atoms with Gasteiger partial charge in [-0.1, -0.05) is 54.6 Å². The standard InChI is InChI=1S/C24H15F3N2O2S/c25-24(26,27)23(31)19(22(30)20-12-7-13-32-20)14-17-15-29(18-10-5-2-6-11-18)28-21(17)16-8-3-1-4-9-16/h1-15H. The summed E-state index contributed by atoms with van der Waals surface area (Å²) in [5.41, 5.74) is 0.927. The summed E-state index contributed by atoms with van der Waals surface area (Å²) in [7, 11) is 0. The molecule has 4 aromatic rings. The fraction of sp³-hybridized carbons (Fsp3) is 0.0417. The van der Waals surface area contributed by atoms with Gasteiger partial charge in [0, 0.05) is 17.3 Å². The van der Waals surface area contributed by atoms with Crippen molar-refractivity contribution in [2.75, 3.05) is 0 Å². The van der Waals surface area contributed by atoms with Gasteiger partial charge in [-0.15, -0.1) is 11.3 Å². The molecule has 0 N–H and O–H groups in total. The van der Waals surface area contributed by atoms with E-state index in [4.69, 9.17) is 0 Å². The van der Waals surface area contributed by atoms with Crippen molar-refractivity contribution >= 4 is 29.0 Å². The number of nitrogens with zero attached hydrogens (tertiary/aromatic N) is 2. The number of hydrogen-bond acceptors (Lipinski definition) is 4. The maximum atomic E-state index is 13.3. The molecule has 32 heavy (non-hydrogen) atoms. The van der Waals surface area contributed by atoms with Crippen LogP contribution in [-0.4, -0.2) is 27.5 Å². The minimum absolute atomic E-state index is 0.0468. The van der Waals surface area contributed by atoms with Gasteiger partial charge in [0.2, 0.25) is 5.78 Å². The highest BCUT2D eigenvalue weighted by molar-refractivity contribution is 7.12. The van der Waals surface area contributed by atoms with E-state index in [2.05, 4.69) is 5.10 Å². The Hall–Kier alpha value is -3.78. The molecule has 2 aromatic heterocycles. The minimum Gasteiger partial charge on any atom is -0.288 e. The Labute approximate surface area is 185 Å². The Balaban J connectivity index is 1.91. The van der Waals surface area contributed by atoms with E-state index in [-0.39, 0.29) is 10.4 Å². The van der Waals surface area contributed by atoms with Crippen molar-refractivity contribution in [1.29, 1.82) is 0 Å². The SMILES string of the molecule is O=C(C(=Cc1cn(-c2ccccc2)nc1-c1ccccc1)C(=O)C(F)(F)F)c1cccs1. The highest BCUT2D eigenvalue weighted by Gasteiger charge is 2.43. The first-order chi connectivity index (χ1) is 15.3. The summed E-state index contributed by atoms with van der Waals surface area (Å²) in [5, 5.41) is 6.08. The van der Waals surface area contributed by atoms with Crippen molar-refractivity contribution < 1.29 is 22.8 Å². The molecule has 0 aliphatic carbocycles. The molecule has 4 nitrogen and oxygen atoms in total. The third kappa shape index (κ3) is 4.45. The number of thiophene rings is 1. The van der Waals surface area contributed by atoms with Gasteiger partial charge in [-0.25, -0.2) is 4.68 Å². The van der Waals surface area contributed by atoms with E-state index in [1.165, 1.54) is 23.0 Å². The zero-order valence-electron chi connectivity index (χ0n) is 16.4. The molecule has 0 amide bonds. The van der Waals surface area contributed by atoms with Crippen LogP contribution in [0.4, 0.5) is 13.2 Å². The van der Waals surface area contributed by atoms with Gasteiger partial charge in [-0.05, 0) is 29.7 Å². The molecule has 0 unspecified atom stereocenters. The maximum Gasteiger partial charge on any atom is 0.455 e. The van der Waals surface area contributed by atoms with Crippen molar-refractivity contribution in [3.8, 4) is 16.9 Å². The number of para-hydroxylation sites is 1. The number of alkyl halides is 3. The summed E-state index contributed by atoms with van der Waals surface area (Å²) in [5.74, 6) is -3.17. The predicted molar refractivity (Wildman–Crippen MR) is 117 cm³/mol. The molecule has 8 heteroatoms. The molecule has 0 radical (unpaired) electrons. The van der Waals surface area contributed by atoms with Gasteiger partial charge in [0.1, 0.15) is 0 Å². The number of rotatable bonds is 6. The molecule has 0 saturated heterocycles. The number of benzene rings is 2. The van der Waals surface area contributed by atoms with Crippen molar-refractivity contribution in [3.05, 3.63) is 100 Å². The number of aromatic nitrogens is 2. The van der Waals surface area contributed by atoms with Crippen LogP contribution in [0.2, 0.25) is 0 Å². The van der Waals surface area contributed by atoms with Crippen LogP contribution in [0.25, 0.3) is 23.0 Å². The molecule has 160 valence electrons. The van der Waals surface area contributed by atoms with Crippen molar-refractivity contribution in [2.45, 2.75) is 6.18 Å². The number of ketones is 2. The molecule has 0 atom stereocenters. The van der Waals surface area contributed by atoms with E-state index in [1.54, 1.807) is 60.0 Å². The number of Topliss-reactive ketones (excluding diaryl/α,β-unsaturated/α-hetero) is 2. The summed E-state index contributed by atoms with van der Waals surface area (Å²) in [6, 6.07) is 20.8. The molecular formula is C24H15F3N2O2S. The Kier molecular flexibility index (Phi) is 5.87. The first kappa shape index (κ1) is 21.5. The van der Waals surface area contributed by atoms with Gasteiger partial charge < -0.3 is 0 Å². The molecule has 0 fully saturated rings. The largest absolute Gasteiger partial charge is 0.455 e. The first-order valence-corrected chi connectivity index (χ1v) is 10.3. The van der Waals surface area contributed by atoms with E-state index in [1.807, 2.05) is 6.07 Å². The zero-order valence-corrected chi connectivity index (χ0v) is 17.2. The summed E-state index contributed by atoms with van der Waals surface area (Å²) < 4.78 is 41.5. The number of halogens is 3. The smallest absolute Gasteiger partial charge is 0.288 e. The highest BCUT2D eigenvalue weighted by atomic mass is 32.1. The van der Waals surface area contributed by atoms with Gasteiger partial charge in [0.05, 0.1) is 21.8 Å². The molecule has 0 aliphatic heterocycles. The summed E-state index contributed by atoms with van der Waals surface area (Å²) >= 11 is 0.970.